The van der Waals surface area contributed by atoms with E-state index in [0.29, 0.717) is 11.1 Å². The Bertz CT molecular complexity index is 403. The molecule has 0 fully saturated rings. The third kappa shape index (κ3) is 2.95. The van der Waals surface area contributed by atoms with Gasteiger partial charge in [-0.3, -0.25) is 0 Å². The van der Waals surface area contributed by atoms with Gasteiger partial charge in [0.25, 0.3) is 0 Å². The fourth-order valence-corrected chi connectivity index (χ4v) is 1.57. The number of rotatable bonds is 4. The van der Waals surface area contributed by atoms with Crippen LogP contribution in [0, 0.1) is 0 Å². The summed E-state index contributed by atoms with van der Waals surface area (Å²) >= 11 is 0. The maximum Gasteiger partial charge on any atom is 0.337 e. The summed E-state index contributed by atoms with van der Waals surface area (Å²) in [4.78, 5) is 13.2. The van der Waals surface area contributed by atoms with Crippen molar-refractivity contribution in [2.75, 3.05) is 32.7 Å². The van der Waals surface area contributed by atoms with E-state index in [4.69, 9.17) is 5.11 Å². The summed E-state index contributed by atoms with van der Waals surface area (Å²) in [7, 11) is 4.94. The maximum atomic E-state index is 11.4. The van der Waals surface area contributed by atoms with E-state index in [2.05, 4.69) is 4.74 Å². The average Bonchev–Trinajstić information content (AvgIpc) is 2.35. The summed E-state index contributed by atoms with van der Waals surface area (Å²) in [5.74, 6) is -0.471. The van der Waals surface area contributed by atoms with Crippen molar-refractivity contribution in [1.82, 2.24) is 0 Å². The molecular weight excluding hydrogens is 222 g/mol. The predicted molar refractivity (Wildman–Crippen MR) is 64.2 cm³/mol. The number of nitrogens with zero attached hydrogens (tertiary/aromatic N) is 1. The molecule has 0 saturated heterocycles. The molecule has 0 aliphatic carbocycles. The Morgan fingerprint density at radius 3 is 2.59 bits per heavy atom. The normalized spacial score (nSPS) is 12.1. The van der Waals surface area contributed by atoms with Gasteiger partial charge >= 0.3 is 5.97 Å². The summed E-state index contributed by atoms with van der Waals surface area (Å²) in [6, 6.07) is 4.86. The lowest BCUT2D eigenvalue weighted by molar-refractivity contribution is 0.0599. The minimum atomic E-state index is -1.02. The van der Waals surface area contributed by atoms with Crippen molar-refractivity contribution in [3.63, 3.8) is 0 Å². The molecule has 0 spiro atoms. The van der Waals surface area contributed by atoms with Gasteiger partial charge in [0.05, 0.1) is 19.3 Å². The van der Waals surface area contributed by atoms with Crippen LogP contribution in [0.15, 0.2) is 18.2 Å². The molecule has 0 saturated carbocycles. The lowest BCUT2D eigenvalue weighted by Gasteiger charge is -2.20. The first-order valence-electron chi connectivity index (χ1n) is 5.19. The second-order valence-corrected chi connectivity index (χ2v) is 3.86. The Hall–Kier alpha value is -1.59. The number of anilines is 1. The molecule has 0 bridgehead atoms. The van der Waals surface area contributed by atoms with E-state index in [9.17, 15) is 9.90 Å². The van der Waals surface area contributed by atoms with Crippen molar-refractivity contribution in [1.29, 1.82) is 0 Å². The van der Waals surface area contributed by atoms with Crippen LogP contribution in [-0.2, 0) is 4.74 Å². The molecule has 17 heavy (non-hydrogen) atoms. The molecule has 0 aliphatic rings. The van der Waals surface area contributed by atoms with Crippen LogP contribution in [0.5, 0.6) is 0 Å². The number of hydrogen-bond donors (Lipinski definition) is 2. The van der Waals surface area contributed by atoms with Crippen LogP contribution in [0.1, 0.15) is 22.0 Å². The van der Waals surface area contributed by atoms with Crippen LogP contribution in [0.25, 0.3) is 0 Å². The number of aliphatic hydroxyl groups excluding tert-OH is 2. The Morgan fingerprint density at radius 2 is 2.12 bits per heavy atom. The zero-order valence-electron chi connectivity index (χ0n) is 10.2. The SMILES string of the molecule is COC(=O)c1ccc(N(C)C)c(C(O)CO)c1. The second-order valence-electron chi connectivity index (χ2n) is 3.86. The zero-order chi connectivity index (χ0) is 13.0. The van der Waals surface area contributed by atoms with Crippen molar-refractivity contribution in [2.24, 2.45) is 0 Å². The quantitative estimate of drug-likeness (QED) is 0.751. The van der Waals surface area contributed by atoms with Crippen LogP contribution in [0.3, 0.4) is 0 Å². The summed E-state index contributed by atoms with van der Waals surface area (Å²) in [6.07, 6.45) is -1.02. The molecule has 94 valence electrons. The van der Waals surface area contributed by atoms with Crippen molar-refractivity contribution >= 4 is 11.7 Å². The molecule has 1 unspecified atom stereocenters. The van der Waals surface area contributed by atoms with Crippen LogP contribution in [0.2, 0.25) is 0 Å². The minimum absolute atomic E-state index is 0.348. The first-order valence-corrected chi connectivity index (χ1v) is 5.19. The standard InChI is InChI=1S/C12H17NO4/c1-13(2)10-5-4-8(12(16)17-3)6-9(10)11(15)7-14/h4-6,11,14-15H,7H2,1-3H3. The van der Waals surface area contributed by atoms with Gasteiger partial charge in [-0.25, -0.2) is 4.79 Å². The number of ether oxygens (including phenoxy) is 1. The lowest BCUT2D eigenvalue weighted by Crippen LogP contribution is -2.16. The topological polar surface area (TPSA) is 70.0 Å². The van der Waals surface area contributed by atoms with Gasteiger partial charge in [-0.15, -0.1) is 0 Å². The molecule has 1 rings (SSSR count). The largest absolute Gasteiger partial charge is 0.465 e. The van der Waals surface area contributed by atoms with Gasteiger partial charge in [0, 0.05) is 25.3 Å². The molecule has 1 atom stereocenters. The van der Waals surface area contributed by atoms with Crippen LogP contribution in [0.4, 0.5) is 5.69 Å². The number of hydrogen-bond acceptors (Lipinski definition) is 5. The molecule has 0 aliphatic heterocycles. The third-order valence-electron chi connectivity index (χ3n) is 2.46. The summed E-state index contributed by atoms with van der Waals surface area (Å²) in [5.41, 5.74) is 1.60. The highest BCUT2D eigenvalue weighted by Crippen LogP contribution is 2.26. The number of carbonyl (C=O) groups is 1. The molecular formula is C12H17NO4. The van der Waals surface area contributed by atoms with Gasteiger partial charge in [0.1, 0.15) is 6.10 Å². The molecule has 1 aromatic rings. The molecule has 5 heteroatoms. The molecule has 0 aromatic heterocycles. The van der Waals surface area contributed by atoms with E-state index in [1.165, 1.54) is 13.2 Å². The fraction of sp³-hybridized carbons (Fsp3) is 0.417. The second kappa shape index (κ2) is 5.65. The molecule has 0 radical (unpaired) electrons. The smallest absolute Gasteiger partial charge is 0.337 e. The Labute approximate surface area is 100 Å². The number of carbonyl (C=O) groups excluding carboxylic acids is 1. The van der Waals surface area contributed by atoms with E-state index < -0.39 is 18.7 Å². The number of methoxy groups -OCH3 is 1. The third-order valence-corrected chi connectivity index (χ3v) is 2.46. The van der Waals surface area contributed by atoms with Crippen LogP contribution in [-0.4, -0.2) is 44.0 Å². The maximum absolute atomic E-state index is 11.4. The van der Waals surface area contributed by atoms with Gasteiger partial charge in [0.2, 0.25) is 0 Å². The molecule has 1 aromatic carbocycles. The van der Waals surface area contributed by atoms with E-state index in [1.54, 1.807) is 17.0 Å². The van der Waals surface area contributed by atoms with E-state index in [1.807, 2.05) is 14.1 Å². The predicted octanol–water partition coefficient (Wildman–Crippen LogP) is 0.565. The molecule has 0 amide bonds. The van der Waals surface area contributed by atoms with E-state index >= 15 is 0 Å². The van der Waals surface area contributed by atoms with Crippen LogP contribution < -0.4 is 4.90 Å². The van der Waals surface area contributed by atoms with Crippen molar-refractivity contribution < 1.29 is 19.7 Å². The summed E-state index contributed by atoms with van der Waals surface area (Å²) in [6.45, 7) is -0.397. The molecule has 5 nitrogen and oxygen atoms in total. The Balaban J connectivity index is 3.23. The number of benzene rings is 1. The first kappa shape index (κ1) is 13.5. The van der Waals surface area contributed by atoms with Gasteiger partial charge in [0.15, 0.2) is 0 Å². The van der Waals surface area contributed by atoms with Crippen molar-refractivity contribution in [2.45, 2.75) is 6.10 Å². The Morgan fingerprint density at radius 1 is 1.47 bits per heavy atom. The highest BCUT2D eigenvalue weighted by molar-refractivity contribution is 5.90. The zero-order valence-corrected chi connectivity index (χ0v) is 10.2. The molecule has 0 heterocycles. The highest BCUT2D eigenvalue weighted by atomic mass is 16.5. The first-order chi connectivity index (χ1) is 8.01. The fourth-order valence-electron chi connectivity index (χ4n) is 1.57. The van der Waals surface area contributed by atoms with Gasteiger partial charge in [-0.1, -0.05) is 0 Å². The van der Waals surface area contributed by atoms with E-state index in [0.717, 1.165) is 5.69 Å². The van der Waals surface area contributed by atoms with Gasteiger partial charge < -0.3 is 19.8 Å². The summed E-state index contributed by atoms with van der Waals surface area (Å²) in [5, 5.41) is 18.7. The highest BCUT2D eigenvalue weighted by Gasteiger charge is 2.16. The number of aliphatic hydroxyl groups is 2. The Kier molecular flexibility index (Phi) is 4.48. The van der Waals surface area contributed by atoms with E-state index in [-0.39, 0.29) is 0 Å². The number of esters is 1. The lowest BCUT2D eigenvalue weighted by atomic mass is 10.0. The van der Waals surface area contributed by atoms with Gasteiger partial charge in [-0.05, 0) is 18.2 Å². The monoisotopic (exact) mass is 239 g/mol. The minimum Gasteiger partial charge on any atom is -0.465 e. The summed E-state index contributed by atoms with van der Waals surface area (Å²) < 4.78 is 4.61. The van der Waals surface area contributed by atoms with Crippen molar-refractivity contribution in [3.8, 4) is 0 Å². The van der Waals surface area contributed by atoms with Crippen LogP contribution >= 0.6 is 0 Å². The average molecular weight is 239 g/mol. The molecule has 2 N–H and O–H groups in total. The van der Waals surface area contributed by atoms with Crippen molar-refractivity contribution in [3.05, 3.63) is 29.3 Å². The van der Waals surface area contributed by atoms with Gasteiger partial charge in [-0.2, -0.15) is 0 Å².